The number of hydrogen-bond donors (Lipinski definition) is 4. The second kappa shape index (κ2) is 16.5. The summed E-state index contributed by atoms with van der Waals surface area (Å²) in [5.74, 6) is 1.65. The molecule has 3 aliphatic rings. The quantitative estimate of drug-likeness (QED) is 0.148. The van der Waals surface area contributed by atoms with Crippen LogP contribution in [0.25, 0.3) is 0 Å². The molecule has 0 radical (unpaired) electrons. The first-order chi connectivity index (χ1) is 25.8. The van der Waals surface area contributed by atoms with Crippen molar-refractivity contribution in [2.24, 2.45) is 0 Å². The molecule has 1 aromatic heterocycles. The highest BCUT2D eigenvalue weighted by Crippen LogP contribution is 2.33. The molecule has 0 saturated carbocycles. The second-order valence-electron chi connectivity index (χ2n) is 13.6. The lowest BCUT2D eigenvalue weighted by Gasteiger charge is -2.38. The normalized spacial score (nSPS) is 18.3. The number of ether oxygens (including phenoxy) is 1. The van der Waals surface area contributed by atoms with Gasteiger partial charge in [0.2, 0.25) is 23.7 Å². The minimum atomic E-state index is -0.393. The lowest BCUT2D eigenvalue weighted by molar-refractivity contribution is -0.134. The van der Waals surface area contributed by atoms with Crippen LogP contribution in [0.15, 0.2) is 79.0 Å². The van der Waals surface area contributed by atoms with Crippen molar-refractivity contribution in [2.45, 2.75) is 37.6 Å². The smallest absolute Gasteiger partial charge is 0.249 e. The predicted octanol–water partition coefficient (Wildman–Crippen LogP) is 5.37. The van der Waals surface area contributed by atoms with Gasteiger partial charge in [0, 0.05) is 55.7 Å². The van der Waals surface area contributed by atoms with Crippen LogP contribution in [0.5, 0.6) is 5.75 Å². The van der Waals surface area contributed by atoms with E-state index in [0.717, 1.165) is 61.8 Å². The van der Waals surface area contributed by atoms with Crippen molar-refractivity contribution >= 4 is 63.8 Å². The fourth-order valence-corrected chi connectivity index (χ4v) is 7.23. The van der Waals surface area contributed by atoms with Crippen LogP contribution in [-0.2, 0) is 14.4 Å². The molecule has 4 aromatic rings. The van der Waals surface area contributed by atoms with E-state index in [-0.39, 0.29) is 17.7 Å². The van der Waals surface area contributed by atoms with E-state index in [9.17, 15) is 14.4 Å². The summed E-state index contributed by atoms with van der Waals surface area (Å²) in [6, 6.07) is 23.5. The molecule has 4 heterocycles. The van der Waals surface area contributed by atoms with E-state index in [0.29, 0.717) is 60.9 Å². The maximum absolute atomic E-state index is 13.3. The van der Waals surface area contributed by atoms with E-state index in [1.54, 1.807) is 13.3 Å². The number of nitrogens with one attached hydrogen (secondary N) is 4. The van der Waals surface area contributed by atoms with E-state index in [4.69, 9.17) is 16.3 Å². The maximum Gasteiger partial charge on any atom is 0.249 e. The number of halogens is 1. The average molecular weight is 738 g/mol. The molecule has 14 heteroatoms. The highest BCUT2D eigenvalue weighted by atomic mass is 35.5. The third-order valence-electron chi connectivity index (χ3n) is 10.1. The highest BCUT2D eigenvalue weighted by molar-refractivity contribution is 6.32. The number of carbonyl (C=O) groups excluding carboxylic acids is 3. The number of imide groups is 1. The van der Waals surface area contributed by atoms with Crippen molar-refractivity contribution in [3.05, 3.63) is 89.6 Å². The number of likely N-dealkylation sites (tertiary alicyclic amines) is 1. The summed E-state index contributed by atoms with van der Waals surface area (Å²) in [6.07, 6.45) is 4.38. The summed E-state index contributed by atoms with van der Waals surface area (Å²) in [6.45, 7) is 4.96. The monoisotopic (exact) mass is 737 g/mol. The Morgan fingerprint density at radius 2 is 1.66 bits per heavy atom. The zero-order valence-corrected chi connectivity index (χ0v) is 30.4. The molecule has 0 spiro atoms. The van der Waals surface area contributed by atoms with Crippen LogP contribution in [-0.4, -0.2) is 96.5 Å². The fourth-order valence-electron chi connectivity index (χ4n) is 7.09. The SMILES string of the molecule is COc1cc(N2CCN(C(=O)CN3CCC(c4ccc(NC5CCC(=O)NC5=O)cc4)CC3)CC2)ccc1Nc1ncc(Cl)c(Nc2ccccc2)n1. The van der Waals surface area contributed by atoms with E-state index in [2.05, 4.69) is 53.2 Å². The number of anilines is 6. The molecular formula is C39H44ClN9O4. The molecule has 3 aromatic carbocycles. The van der Waals surface area contributed by atoms with Gasteiger partial charge in [0.25, 0.3) is 0 Å². The number of aromatic nitrogens is 2. The number of carbonyl (C=O) groups is 3. The lowest BCUT2D eigenvalue weighted by Crippen LogP contribution is -2.51. The minimum absolute atomic E-state index is 0.174. The van der Waals surface area contributed by atoms with Gasteiger partial charge in [0.15, 0.2) is 5.82 Å². The molecule has 7 rings (SSSR count). The minimum Gasteiger partial charge on any atom is -0.494 e. The van der Waals surface area contributed by atoms with E-state index in [1.807, 2.05) is 65.6 Å². The van der Waals surface area contributed by atoms with Gasteiger partial charge in [-0.15, -0.1) is 0 Å². The van der Waals surface area contributed by atoms with Crippen LogP contribution in [0.2, 0.25) is 5.02 Å². The Morgan fingerprint density at radius 1 is 0.906 bits per heavy atom. The van der Waals surface area contributed by atoms with Crippen molar-refractivity contribution in [3.63, 3.8) is 0 Å². The fraction of sp³-hybridized carbons (Fsp3) is 0.359. The van der Waals surface area contributed by atoms with Gasteiger partial charge in [0.05, 0.1) is 25.5 Å². The number of piperazine rings is 1. The molecule has 276 valence electrons. The van der Waals surface area contributed by atoms with Crippen LogP contribution >= 0.6 is 11.6 Å². The molecule has 3 aliphatic heterocycles. The number of nitrogens with zero attached hydrogens (tertiary/aromatic N) is 5. The zero-order chi connectivity index (χ0) is 36.7. The third-order valence-corrected chi connectivity index (χ3v) is 10.4. The number of benzene rings is 3. The first kappa shape index (κ1) is 36.0. The Balaban J connectivity index is 0.864. The summed E-state index contributed by atoms with van der Waals surface area (Å²) in [7, 11) is 1.63. The standard InChI is InChI=1S/C39H44ClN9O4/c1-53-34-23-30(11-12-32(34)44-39-41-24-31(40)37(46-39)43-28-5-3-2-4-6-28)48-19-21-49(22-20-48)36(51)25-47-17-15-27(16-18-47)26-7-9-29(10-8-26)42-33-13-14-35(50)45-38(33)52/h2-12,23-24,27,33,42H,13-22,25H2,1H3,(H,45,50,52)(H2,41,43,44,46). The van der Waals surface area contributed by atoms with Crippen LogP contribution in [0.4, 0.5) is 34.5 Å². The summed E-state index contributed by atoms with van der Waals surface area (Å²) in [5.41, 5.74) is 4.75. The van der Waals surface area contributed by atoms with Gasteiger partial charge in [-0.3, -0.25) is 24.6 Å². The van der Waals surface area contributed by atoms with E-state index >= 15 is 0 Å². The molecule has 3 saturated heterocycles. The molecular weight excluding hydrogens is 694 g/mol. The summed E-state index contributed by atoms with van der Waals surface area (Å²) in [4.78, 5) is 52.3. The Labute approximate surface area is 314 Å². The summed E-state index contributed by atoms with van der Waals surface area (Å²) < 4.78 is 5.74. The number of amides is 3. The Hall–Kier alpha value is -5.40. The van der Waals surface area contributed by atoms with Crippen molar-refractivity contribution in [1.29, 1.82) is 0 Å². The van der Waals surface area contributed by atoms with Gasteiger partial charge in [-0.2, -0.15) is 4.98 Å². The molecule has 1 atom stereocenters. The van der Waals surface area contributed by atoms with Gasteiger partial charge in [0.1, 0.15) is 16.8 Å². The summed E-state index contributed by atoms with van der Waals surface area (Å²) >= 11 is 6.36. The molecule has 3 fully saturated rings. The molecule has 1 unspecified atom stereocenters. The number of piperidine rings is 2. The predicted molar refractivity (Wildman–Crippen MR) is 206 cm³/mol. The van der Waals surface area contributed by atoms with Crippen LogP contribution in [0, 0.1) is 0 Å². The number of methoxy groups -OCH3 is 1. The lowest BCUT2D eigenvalue weighted by atomic mass is 9.89. The average Bonchev–Trinajstić information content (AvgIpc) is 3.18. The van der Waals surface area contributed by atoms with Crippen molar-refractivity contribution < 1.29 is 19.1 Å². The molecule has 0 bridgehead atoms. The van der Waals surface area contributed by atoms with Gasteiger partial charge >= 0.3 is 0 Å². The Morgan fingerprint density at radius 3 is 2.38 bits per heavy atom. The van der Waals surface area contributed by atoms with E-state index in [1.165, 1.54) is 5.56 Å². The highest BCUT2D eigenvalue weighted by Gasteiger charge is 2.28. The first-order valence-electron chi connectivity index (χ1n) is 18.1. The van der Waals surface area contributed by atoms with Crippen LogP contribution in [0.1, 0.15) is 37.2 Å². The first-order valence-corrected chi connectivity index (χ1v) is 18.4. The number of hydrogen-bond acceptors (Lipinski definition) is 11. The van der Waals surface area contributed by atoms with Crippen molar-refractivity contribution in [3.8, 4) is 5.75 Å². The van der Waals surface area contributed by atoms with Crippen LogP contribution < -0.4 is 30.9 Å². The second-order valence-corrected chi connectivity index (χ2v) is 14.0. The van der Waals surface area contributed by atoms with E-state index < -0.39 is 6.04 Å². The van der Waals surface area contributed by atoms with Gasteiger partial charge < -0.3 is 30.5 Å². The maximum atomic E-state index is 13.3. The molecule has 0 aliphatic carbocycles. The molecule has 3 amide bonds. The zero-order valence-electron chi connectivity index (χ0n) is 29.7. The van der Waals surface area contributed by atoms with Crippen LogP contribution in [0.3, 0.4) is 0 Å². The van der Waals surface area contributed by atoms with Crippen molar-refractivity contribution in [1.82, 2.24) is 25.1 Å². The van der Waals surface area contributed by atoms with Gasteiger partial charge in [-0.1, -0.05) is 41.9 Å². The number of rotatable bonds is 11. The Bertz CT molecular complexity index is 1910. The van der Waals surface area contributed by atoms with Gasteiger partial charge in [-0.05, 0) is 80.2 Å². The largest absolute Gasteiger partial charge is 0.494 e. The van der Waals surface area contributed by atoms with Crippen molar-refractivity contribution in [2.75, 3.05) is 73.8 Å². The summed E-state index contributed by atoms with van der Waals surface area (Å²) in [5, 5.41) is 12.5. The topological polar surface area (TPSA) is 144 Å². The third kappa shape index (κ3) is 8.98. The van der Waals surface area contributed by atoms with Gasteiger partial charge in [-0.25, -0.2) is 4.98 Å². The molecule has 4 N–H and O–H groups in total. The Kier molecular flexibility index (Phi) is 11.2. The number of para-hydroxylation sites is 1. The molecule has 13 nitrogen and oxygen atoms in total. The molecule has 53 heavy (non-hydrogen) atoms.